The summed E-state index contributed by atoms with van der Waals surface area (Å²) in [5.41, 5.74) is 2.53. The van der Waals surface area contributed by atoms with Crippen molar-refractivity contribution in [2.24, 2.45) is 0 Å². The van der Waals surface area contributed by atoms with E-state index >= 15 is 0 Å². The van der Waals surface area contributed by atoms with Gasteiger partial charge in [-0.1, -0.05) is 78.9 Å². The summed E-state index contributed by atoms with van der Waals surface area (Å²) in [5.74, 6) is -0.452. The summed E-state index contributed by atoms with van der Waals surface area (Å²) in [6, 6.07) is 26.1. The van der Waals surface area contributed by atoms with Gasteiger partial charge in [0.25, 0.3) is 5.91 Å². The van der Waals surface area contributed by atoms with E-state index in [9.17, 15) is 9.18 Å². The molecule has 3 aromatic rings. The van der Waals surface area contributed by atoms with E-state index < -0.39 is 12.2 Å². The van der Waals surface area contributed by atoms with Gasteiger partial charge in [-0.05, 0) is 17.2 Å². The number of benzene rings is 3. The SMILES string of the molecule is O=C([C@@H]1O[C@H]1c1ccccc1F)N(Cc1ccccc1)Cc1ccccc1. The third kappa shape index (κ3) is 4.07. The fourth-order valence-corrected chi connectivity index (χ4v) is 3.24. The van der Waals surface area contributed by atoms with E-state index in [4.69, 9.17) is 4.74 Å². The fraction of sp³-hybridized carbons (Fsp3) is 0.174. The number of hydrogen-bond acceptors (Lipinski definition) is 2. The molecule has 1 heterocycles. The average molecular weight is 361 g/mol. The van der Waals surface area contributed by atoms with E-state index in [1.54, 1.807) is 23.1 Å². The molecule has 1 aliphatic heterocycles. The highest BCUT2D eigenvalue weighted by Crippen LogP contribution is 2.41. The topological polar surface area (TPSA) is 32.8 Å². The zero-order chi connectivity index (χ0) is 18.6. The molecule has 27 heavy (non-hydrogen) atoms. The first-order valence-corrected chi connectivity index (χ1v) is 8.99. The van der Waals surface area contributed by atoms with Crippen molar-refractivity contribution in [3.05, 3.63) is 107 Å². The number of nitrogens with zero attached hydrogens (tertiary/aromatic N) is 1. The number of carbonyl (C=O) groups is 1. The van der Waals surface area contributed by atoms with E-state index in [0.717, 1.165) is 11.1 Å². The van der Waals surface area contributed by atoms with Crippen LogP contribution in [0, 0.1) is 5.82 Å². The van der Waals surface area contributed by atoms with Gasteiger partial charge in [0.2, 0.25) is 0 Å². The summed E-state index contributed by atoms with van der Waals surface area (Å²) < 4.78 is 19.6. The van der Waals surface area contributed by atoms with Crippen LogP contribution in [0.3, 0.4) is 0 Å². The van der Waals surface area contributed by atoms with Crippen molar-refractivity contribution in [3.8, 4) is 0 Å². The number of hydrogen-bond donors (Lipinski definition) is 0. The molecule has 0 saturated carbocycles. The smallest absolute Gasteiger partial charge is 0.255 e. The number of halogens is 1. The molecule has 0 N–H and O–H groups in total. The monoisotopic (exact) mass is 361 g/mol. The summed E-state index contributed by atoms with van der Waals surface area (Å²) in [6.45, 7) is 0.969. The second-order valence-corrected chi connectivity index (χ2v) is 6.66. The Hall–Kier alpha value is -2.98. The highest BCUT2D eigenvalue weighted by molar-refractivity contribution is 5.84. The van der Waals surface area contributed by atoms with Gasteiger partial charge >= 0.3 is 0 Å². The minimum Gasteiger partial charge on any atom is -0.354 e. The number of epoxide rings is 1. The van der Waals surface area contributed by atoms with Gasteiger partial charge in [-0.3, -0.25) is 4.79 Å². The van der Waals surface area contributed by atoms with Crippen LogP contribution in [0.25, 0.3) is 0 Å². The Morgan fingerprint density at radius 2 is 1.33 bits per heavy atom. The van der Waals surface area contributed by atoms with Crippen LogP contribution in [0.1, 0.15) is 22.8 Å². The first-order valence-electron chi connectivity index (χ1n) is 8.99. The summed E-state index contributed by atoms with van der Waals surface area (Å²) in [7, 11) is 0. The molecule has 1 aliphatic rings. The number of ether oxygens (including phenoxy) is 1. The Morgan fingerprint density at radius 1 is 0.815 bits per heavy atom. The molecule has 0 aromatic heterocycles. The van der Waals surface area contributed by atoms with E-state index in [2.05, 4.69) is 0 Å². The van der Waals surface area contributed by atoms with Crippen LogP contribution >= 0.6 is 0 Å². The van der Waals surface area contributed by atoms with Crippen molar-refractivity contribution in [1.82, 2.24) is 4.90 Å². The van der Waals surface area contributed by atoms with Crippen LogP contribution in [0.15, 0.2) is 84.9 Å². The maximum absolute atomic E-state index is 14.0. The zero-order valence-electron chi connectivity index (χ0n) is 14.8. The largest absolute Gasteiger partial charge is 0.354 e. The molecule has 4 rings (SSSR count). The molecule has 136 valence electrons. The van der Waals surface area contributed by atoms with Crippen molar-refractivity contribution in [3.63, 3.8) is 0 Å². The van der Waals surface area contributed by atoms with Crippen LogP contribution in [-0.2, 0) is 22.6 Å². The molecule has 0 spiro atoms. The molecule has 0 aliphatic carbocycles. The predicted molar refractivity (Wildman–Crippen MR) is 101 cm³/mol. The molecular weight excluding hydrogens is 341 g/mol. The molecule has 1 amide bonds. The van der Waals surface area contributed by atoms with Gasteiger partial charge in [-0.2, -0.15) is 0 Å². The lowest BCUT2D eigenvalue weighted by Crippen LogP contribution is -2.33. The average Bonchev–Trinajstić information content (AvgIpc) is 3.49. The first kappa shape index (κ1) is 17.4. The van der Waals surface area contributed by atoms with Crippen molar-refractivity contribution >= 4 is 5.91 Å². The van der Waals surface area contributed by atoms with Gasteiger partial charge in [-0.25, -0.2) is 4.39 Å². The highest BCUT2D eigenvalue weighted by atomic mass is 19.1. The quantitative estimate of drug-likeness (QED) is 0.606. The second kappa shape index (κ2) is 7.72. The van der Waals surface area contributed by atoms with Gasteiger partial charge < -0.3 is 9.64 Å². The number of rotatable bonds is 6. The fourth-order valence-electron chi connectivity index (χ4n) is 3.24. The van der Waals surface area contributed by atoms with Gasteiger partial charge in [0.15, 0.2) is 6.10 Å². The third-order valence-corrected chi connectivity index (χ3v) is 4.69. The first-order chi connectivity index (χ1) is 13.2. The Bertz CT molecular complexity index is 872. The maximum Gasteiger partial charge on any atom is 0.255 e. The van der Waals surface area contributed by atoms with Crippen molar-refractivity contribution < 1.29 is 13.9 Å². The Kier molecular flexibility index (Phi) is 4.99. The van der Waals surface area contributed by atoms with Crippen LogP contribution in [0.5, 0.6) is 0 Å². The van der Waals surface area contributed by atoms with Gasteiger partial charge in [0.1, 0.15) is 11.9 Å². The summed E-state index contributed by atoms with van der Waals surface area (Å²) in [5, 5.41) is 0. The predicted octanol–water partition coefficient (Wildman–Crippen LogP) is 4.49. The van der Waals surface area contributed by atoms with E-state index in [0.29, 0.717) is 18.7 Å². The molecule has 0 bridgehead atoms. The minimum atomic E-state index is -0.630. The molecule has 1 fully saturated rings. The lowest BCUT2D eigenvalue weighted by molar-refractivity contribution is -0.133. The van der Waals surface area contributed by atoms with Crippen molar-refractivity contribution in [2.45, 2.75) is 25.3 Å². The third-order valence-electron chi connectivity index (χ3n) is 4.69. The minimum absolute atomic E-state index is 0.115. The second-order valence-electron chi connectivity index (χ2n) is 6.66. The lowest BCUT2D eigenvalue weighted by Gasteiger charge is -2.22. The van der Waals surface area contributed by atoms with Crippen LogP contribution in [-0.4, -0.2) is 16.9 Å². The Balaban J connectivity index is 1.53. The molecule has 2 atom stereocenters. The normalized spacial score (nSPS) is 18.1. The Morgan fingerprint density at radius 3 is 1.89 bits per heavy atom. The van der Waals surface area contributed by atoms with Crippen molar-refractivity contribution in [1.29, 1.82) is 0 Å². The Labute approximate surface area is 158 Å². The molecule has 3 nitrogen and oxygen atoms in total. The highest BCUT2D eigenvalue weighted by Gasteiger charge is 2.49. The van der Waals surface area contributed by atoms with Gasteiger partial charge in [-0.15, -0.1) is 0 Å². The van der Waals surface area contributed by atoms with E-state index in [1.807, 2.05) is 60.7 Å². The lowest BCUT2D eigenvalue weighted by atomic mass is 10.1. The van der Waals surface area contributed by atoms with Crippen molar-refractivity contribution in [2.75, 3.05) is 0 Å². The summed E-state index contributed by atoms with van der Waals surface area (Å²) in [4.78, 5) is 14.9. The van der Waals surface area contributed by atoms with Crippen LogP contribution in [0.4, 0.5) is 4.39 Å². The summed E-state index contributed by atoms with van der Waals surface area (Å²) in [6.07, 6.45) is -1.14. The van der Waals surface area contributed by atoms with E-state index in [-0.39, 0.29) is 11.7 Å². The molecular formula is C23H20FNO2. The maximum atomic E-state index is 14.0. The molecule has 3 aromatic carbocycles. The molecule has 0 unspecified atom stereocenters. The van der Waals surface area contributed by atoms with Gasteiger partial charge in [0, 0.05) is 18.7 Å². The standard InChI is InChI=1S/C23H20FNO2/c24-20-14-8-7-13-19(20)21-22(27-21)23(26)25(15-17-9-3-1-4-10-17)16-18-11-5-2-6-12-18/h1-14,21-22H,15-16H2/t21-,22+/m0/s1. The van der Waals surface area contributed by atoms with Crippen LogP contribution in [0.2, 0.25) is 0 Å². The molecule has 4 heteroatoms. The number of carbonyl (C=O) groups excluding carboxylic acids is 1. The molecule has 0 radical (unpaired) electrons. The van der Waals surface area contributed by atoms with Crippen LogP contribution < -0.4 is 0 Å². The van der Waals surface area contributed by atoms with Gasteiger partial charge in [0.05, 0.1) is 0 Å². The number of amides is 1. The van der Waals surface area contributed by atoms with E-state index in [1.165, 1.54) is 6.07 Å². The zero-order valence-corrected chi connectivity index (χ0v) is 14.8. The summed E-state index contributed by atoms with van der Waals surface area (Å²) >= 11 is 0. The molecule has 1 saturated heterocycles.